The summed E-state index contributed by atoms with van der Waals surface area (Å²) in [5.74, 6) is -1.03. The zero-order chi connectivity index (χ0) is 15.2. The molecular formula is C15H17N3O3. The van der Waals surface area contributed by atoms with Gasteiger partial charge in [-0.3, -0.25) is 4.98 Å². The SMILES string of the molecule is CCC[C@@H](NC(=O)Nc1cccc2cnccc12)C(=O)O. The number of benzene rings is 1. The molecule has 0 aliphatic carbocycles. The molecule has 0 aliphatic heterocycles. The third-order valence-electron chi connectivity index (χ3n) is 3.11. The molecule has 21 heavy (non-hydrogen) atoms. The van der Waals surface area contributed by atoms with Crippen LogP contribution < -0.4 is 10.6 Å². The van der Waals surface area contributed by atoms with Gasteiger partial charge in [-0.2, -0.15) is 0 Å². The molecule has 0 unspecified atom stereocenters. The van der Waals surface area contributed by atoms with E-state index in [2.05, 4.69) is 15.6 Å². The molecule has 0 radical (unpaired) electrons. The Morgan fingerprint density at radius 3 is 2.86 bits per heavy atom. The first-order chi connectivity index (χ1) is 10.1. The van der Waals surface area contributed by atoms with Gasteiger partial charge in [-0.05, 0) is 18.6 Å². The average molecular weight is 287 g/mol. The first-order valence-electron chi connectivity index (χ1n) is 6.75. The van der Waals surface area contributed by atoms with Crippen molar-refractivity contribution in [2.45, 2.75) is 25.8 Å². The number of carboxylic acid groups (broad SMARTS) is 1. The number of nitrogens with zero attached hydrogens (tertiary/aromatic N) is 1. The van der Waals surface area contributed by atoms with E-state index in [-0.39, 0.29) is 0 Å². The molecular weight excluding hydrogens is 270 g/mol. The van der Waals surface area contributed by atoms with E-state index < -0.39 is 18.0 Å². The highest BCUT2D eigenvalue weighted by Crippen LogP contribution is 2.21. The molecule has 110 valence electrons. The Morgan fingerprint density at radius 1 is 1.33 bits per heavy atom. The van der Waals surface area contributed by atoms with Gasteiger partial charge in [0.25, 0.3) is 0 Å². The van der Waals surface area contributed by atoms with Crippen LogP contribution in [0.5, 0.6) is 0 Å². The van der Waals surface area contributed by atoms with Crippen LogP contribution in [0, 0.1) is 0 Å². The van der Waals surface area contributed by atoms with Crippen LogP contribution in [0.1, 0.15) is 19.8 Å². The summed E-state index contributed by atoms with van der Waals surface area (Å²) in [6.07, 6.45) is 4.41. The Morgan fingerprint density at radius 2 is 2.14 bits per heavy atom. The van der Waals surface area contributed by atoms with E-state index in [9.17, 15) is 9.59 Å². The maximum Gasteiger partial charge on any atom is 0.326 e. The second-order valence-corrected chi connectivity index (χ2v) is 4.68. The van der Waals surface area contributed by atoms with Crippen molar-refractivity contribution in [3.05, 3.63) is 36.7 Å². The average Bonchev–Trinajstić information content (AvgIpc) is 2.47. The standard InChI is InChI=1S/C15H17N3O3/c1-2-4-13(14(19)20)18-15(21)17-12-6-3-5-10-9-16-8-7-11(10)12/h3,5-9,13H,2,4H2,1H3,(H,19,20)(H2,17,18,21)/t13-/m1/s1. The van der Waals surface area contributed by atoms with Crippen LogP contribution in [0.4, 0.5) is 10.5 Å². The number of fused-ring (bicyclic) bond motifs is 1. The minimum absolute atomic E-state index is 0.391. The van der Waals surface area contributed by atoms with Gasteiger partial charge < -0.3 is 15.7 Å². The molecule has 2 rings (SSSR count). The van der Waals surface area contributed by atoms with Crippen LogP contribution in [-0.4, -0.2) is 28.1 Å². The van der Waals surface area contributed by atoms with E-state index in [1.165, 1.54) is 0 Å². The number of aliphatic carboxylic acids is 1. The molecule has 0 saturated carbocycles. The number of carbonyl (C=O) groups is 2. The van der Waals surface area contributed by atoms with Crippen molar-refractivity contribution in [2.75, 3.05) is 5.32 Å². The minimum atomic E-state index is -1.03. The second kappa shape index (κ2) is 6.69. The van der Waals surface area contributed by atoms with Crippen LogP contribution in [0.25, 0.3) is 10.8 Å². The lowest BCUT2D eigenvalue weighted by molar-refractivity contribution is -0.139. The summed E-state index contributed by atoms with van der Waals surface area (Å²) in [4.78, 5) is 27.0. The van der Waals surface area contributed by atoms with Crippen molar-refractivity contribution < 1.29 is 14.7 Å². The molecule has 0 spiro atoms. The van der Waals surface area contributed by atoms with Crippen molar-refractivity contribution in [1.29, 1.82) is 0 Å². The van der Waals surface area contributed by atoms with E-state index in [1.807, 2.05) is 13.0 Å². The highest BCUT2D eigenvalue weighted by molar-refractivity contribution is 6.01. The molecule has 1 aromatic heterocycles. The predicted octanol–water partition coefficient (Wildman–Crippen LogP) is 2.61. The summed E-state index contributed by atoms with van der Waals surface area (Å²) in [6.45, 7) is 1.87. The number of aromatic nitrogens is 1. The Kier molecular flexibility index (Phi) is 4.71. The number of carbonyl (C=O) groups excluding carboxylic acids is 1. The van der Waals surface area contributed by atoms with E-state index >= 15 is 0 Å². The lowest BCUT2D eigenvalue weighted by Crippen LogP contribution is -2.42. The third kappa shape index (κ3) is 3.68. The third-order valence-corrected chi connectivity index (χ3v) is 3.11. The quantitative estimate of drug-likeness (QED) is 0.788. The van der Waals surface area contributed by atoms with Gasteiger partial charge >= 0.3 is 12.0 Å². The predicted molar refractivity (Wildman–Crippen MR) is 80.2 cm³/mol. The smallest absolute Gasteiger partial charge is 0.326 e. The number of urea groups is 1. The number of hydrogen-bond acceptors (Lipinski definition) is 3. The zero-order valence-electron chi connectivity index (χ0n) is 11.7. The molecule has 0 saturated heterocycles. The minimum Gasteiger partial charge on any atom is -0.480 e. The molecule has 2 amide bonds. The number of hydrogen-bond donors (Lipinski definition) is 3. The maximum atomic E-state index is 11.9. The van der Waals surface area contributed by atoms with E-state index in [0.717, 1.165) is 10.8 Å². The molecule has 1 aromatic carbocycles. The Bertz CT molecular complexity index is 652. The van der Waals surface area contributed by atoms with Crippen molar-refractivity contribution in [1.82, 2.24) is 10.3 Å². The van der Waals surface area contributed by atoms with Gasteiger partial charge in [-0.25, -0.2) is 9.59 Å². The number of carboxylic acids is 1. The van der Waals surface area contributed by atoms with Crippen LogP contribution in [-0.2, 0) is 4.79 Å². The van der Waals surface area contributed by atoms with Crippen LogP contribution >= 0.6 is 0 Å². The molecule has 3 N–H and O–H groups in total. The van der Waals surface area contributed by atoms with Crippen molar-refractivity contribution in [3.8, 4) is 0 Å². The molecule has 0 fully saturated rings. The van der Waals surface area contributed by atoms with E-state index in [0.29, 0.717) is 18.5 Å². The lowest BCUT2D eigenvalue weighted by Gasteiger charge is -2.15. The fourth-order valence-corrected chi connectivity index (χ4v) is 2.09. The van der Waals surface area contributed by atoms with Crippen molar-refractivity contribution in [3.63, 3.8) is 0 Å². The topological polar surface area (TPSA) is 91.3 Å². The van der Waals surface area contributed by atoms with Crippen molar-refractivity contribution in [2.24, 2.45) is 0 Å². The number of amides is 2. The fraction of sp³-hybridized carbons (Fsp3) is 0.267. The first kappa shape index (κ1) is 14.8. The van der Waals surface area contributed by atoms with E-state index in [1.54, 1.807) is 30.6 Å². The monoisotopic (exact) mass is 287 g/mol. The maximum absolute atomic E-state index is 11.9. The molecule has 2 aromatic rings. The highest BCUT2D eigenvalue weighted by Gasteiger charge is 2.18. The summed E-state index contributed by atoms with van der Waals surface area (Å²) < 4.78 is 0. The van der Waals surface area contributed by atoms with Gasteiger partial charge in [0.2, 0.25) is 0 Å². The Hall–Kier alpha value is -2.63. The second-order valence-electron chi connectivity index (χ2n) is 4.68. The fourth-order valence-electron chi connectivity index (χ4n) is 2.09. The van der Waals surface area contributed by atoms with Gasteiger partial charge in [-0.15, -0.1) is 0 Å². The van der Waals surface area contributed by atoms with E-state index in [4.69, 9.17) is 5.11 Å². The molecule has 1 atom stereocenters. The summed E-state index contributed by atoms with van der Waals surface area (Å²) in [6, 6.07) is 5.85. The van der Waals surface area contributed by atoms with Crippen LogP contribution in [0.3, 0.4) is 0 Å². The summed E-state index contributed by atoms with van der Waals surface area (Å²) in [7, 11) is 0. The van der Waals surface area contributed by atoms with Gasteiger partial charge in [-0.1, -0.05) is 25.5 Å². The largest absolute Gasteiger partial charge is 0.480 e. The highest BCUT2D eigenvalue weighted by atomic mass is 16.4. The van der Waals surface area contributed by atoms with Crippen LogP contribution in [0.2, 0.25) is 0 Å². The molecule has 1 heterocycles. The zero-order valence-corrected chi connectivity index (χ0v) is 11.7. The van der Waals surface area contributed by atoms with Crippen molar-refractivity contribution >= 4 is 28.5 Å². The van der Waals surface area contributed by atoms with Gasteiger partial charge in [0.05, 0.1) is 5.69 Å². The number of nitrogens with one attached hydrogen (secondary N) is 2. The molecule has 0 bridgehead atoms. The number of rotatable bonds is 5. The van der Waals surface area contributed by atoms with Gasteiger partial charge in [0, 0.05) is 23.2 Å². The van der Waals surface area contributed by atoms with Crippen LogP contribution in [0.15, 0.2) is 36.7 Å². The Balaban J connectivity index is 2.13. The summed E-state index contributed by atoms with van der Waals surface area (Å²) >= 11 is 0. The Labute approximate surface area is 122 Å². The molecule has 0 aliphatic rings. The summed E-state index contributed by atoms with van der Waals surface area (Å²) in [5, 5.41) is 15.9. The van der Waals surface area contributed by atoms with Gasteiger partial charge in [0.15, 0.2) is 0 Å². The number of anilines is 1. The van der Waals surface area contributed by atoms with Gasteiger partial charge in [0.1, 0.15) is 6.04 Å². The lowest BCUT2D eigenvalue weighted by atomic mass is 10.1. The number of pyridine rings is 1. The molecule has 6 heteroatoms. The molecule has 6 nitrogen and oxygen atoms in total. The first-order valence-corrected chi connectivity index (χ1v) is 6.75. The summed E-state index contributed by atoms with van der Waals surface area (Å²) in [5.41, 5.74) is 0.619. The normalized spacial score (nSPS) is 11.9.